The van der Waals surface area contributed by atoms with Crippen molar-refractivity contribution < 1.29 is 9.18 Å². The first kappa shape index (κ1) is 12.0. The van der Waals surface area contributed by atoms with E-state index < -0.39 is 0 Å². The van der Waals surface area contributed by atoms with E-state index in [2.05, 4.69) is 10.6 Å². The van der Waals surface area contributed by atoms with Crippen molar-refractivity contribution in [2.75, 3.05) is 32.0 Å². The Morgan fingerprint density at radius 2 is 2.35 bits per heavy atom. The maximum atomic E-state index is 12.9. The molecule has 0 atom stereocenters. The highest BCUT2D eigenvalue weighted by atomic mass is 19.1. The largest absolute Gasteiger partial charge is 0.325 e. The number of rotatable bonds is 4. The van der Waals surface area contributed by atoms with Crippen molar-refractivity contribution in [2.24, 2.45) is 0 Å². The quantitative estimate of drug-likeness (QED) is 0.809. The molecule has 0 aliphatic carbocycles. The lowest BCUT2D eigenvalue weighted by atomic mass is 10.1. The Morgan fingerprint density at radius 3 is 2.94 bits per heavy atom. The summed E-state index contributed by atoms with van der Waals surface area (Å²) in [4.78, 5) is 13.7. The Kier molecular flexibility index (Phi) is 3.71. The van der Waals surface area contributed by atoms with E-state index in [9.17, 15) is 9.18 Å². The minimum atomic E-state index is -0.348. The van der Waals surface area contributed by atoms with Crippen LogP contribution in [0.1, 0.15) is 0 Å². The summed E-state index contributed by atoms with van der Waals surface area (Å²) in [6.45, 7) is 2.16. The highest BCUT2D eigenvalue weighted by molar-refractivity contribution is 5.92. The summed E-state index contributed by atoms with van der Waals surface area (Å²) in [5, 5.41) is 5.83. The molecule has 92 valence electrons. The van der Waals surface area contributed by atoms with Gasteiger partial charge in [-0.05, 0) is 25.2 Å². The zero-order valence-corrected chi connectivity index (χ0v) is 9.74. The minimum Gasteiger partial charge on any atom is -0.325 e. The molecule has 2 rings (SSSR count). The van der Waals surface area contributed by atoms with Crippen LogP contribution in [0.5, 0.6) is 0 Å². The van der Waals surface area contributed by atoms with Crippen LogP contribution in [-0.2, 0) is 4.79 Å². The number of likely N-dealkylation sites (N-methyl/N-ethyl adjacent to an activating group) is 1. The number of halogens is 1. The molecule has 17 heavy (non-hydrogen) atoms. The maximum absolute atomic E-state index is 12.9. The molecular weight excluding hydrogens is 221 g/mol. The number of benzene rings is 1. The molecule has 1 aromatic rings. The van der Waals surface area contributed by atoms with Gasteiger partial charge in [-0.3, -0.25) is 9.69 Å². The highest BCUT2D eigenvalue weighted by Crippen LogP contribution is 2.09. The third-order valence-electron chi connectivity index (χ3n) is 2.88. The van der Waals surface area contributed by atoms with Crippen LogP contribution in [0.4, 0.5) is 10.1 Å². The number of amides is 1. The fraction of sp³-hybridized carbons (Fsp3) is 0.417. The lowest BCUT2D eigenvalue weighted by Crippen LogP contribution is -2.57. The van der Waals surface area contributed by atoms with Gasteiger partial charge < -0.3 is 10.6 Å². The van der Waals surface area contributed by atoms with Gasteiger partial charge in [-0.2, -0.15) is 0 Å². The number of carbonyl (C=O) groups is 1. The van der Waals surface area contributed by atoms with Gasteiger partial charge in [0.15, 0.2) is 0 Å². The fourth-order valence-electron chi connectivity index (χ4n) is 1.71. The first-order valence-corrected chi connectivity index (χ1v) is 5.61. The minimum absolute atomic E-state index is 0.120. The topological polar surface area (TPSA) is 44.4 Å². The Morgan fingerprint density at radius 1 is 1.59 bits per heavy atom. The van der Waals surface area contributed by atoms with Crippen LogP contribution in [0.3, 0.4) is 0 Å². The molecule has 1 aliphatic heterocycles. The SMILES string of the molecule is CN(CC(=O)Nc1cccc(F)c1)C1CNC1. The first-order chi connectivity index (χ1) is 8.15. The standard InChI is InChI=1S/C12H16FN3O/c1-16(11-6-14-7-11)8-12(17)15-10-4-2-3-9(13)5-10/h2-5,11,14H,6-8H2,1H3,(H,15,17). The van der Waals surface area contributed by atoms with Crippen molar-refractivity contribution in [3.8, 4) is 0 Å². The Bertz CT molecular complexity index is 406. The molecular formula is C12H16FN3O. The summed E-state index contributed by atoms with van der Waals surface area (Å²) in [7, 11) is 1.91. The van der Waals surface area contributed by atoms with Gasteiger partial charge in [-0.15, -0.1) is 0 Å². The number of anilines is 1. The maximum Gasteiger partial charge on any atom is 0.238 e. The molecule has 0 aromatic heterocycles. The first-order valence-electron chi connectivity index (χ1n) is 5.61. The second kappa shape index (κ2) is 5.25. The monoisotopic (exact) mass is 237 g/mol. The van der Waals surface area contributed by atoms with E-state index in [0.29, 0.717) is 18.3 Å². The summed E-state index contributed by atoms with van der Waals surface area (Å²) < 4.78 is 12.9. The number of carbonyl (C=O) groups excluding carboxylic acids is 1. The van der Waals surface area contributed by atoms with Crippen molar-refractivity contribution in [1.29, 1.82) is 0 Å². The predicted octanol–water partition coefficient (Wildman–Crippen LogP) is 0.668. The van der Waals surface area contributed by atoms with Crippen molar-refractivity contribution in [1.82, 2.24) is 10.2 Å². The molecule has 1 heterocycles. The van der Waals surface area contributed by atoms with Crippen molar-refractivity contribution in [3.05, 3.63) is 30.1 Å². The third-order valence-corrected chi connectivity index (χ3v) is 2.88. The highest BCUT2D eigenvalue weighted by Gasteiger charge is 2.22. The molecule has 0 radical (unpaired) electrons. The molecule has 4 nitrogen and oxygen atoms in total. The van der Waals surface area contributed by atoms with Crippen LogP contribution < -0.4 is 10.6 Å². The van der Waals surface area contributed by atoms with E-state index in [0.717, 1.165) is 13.1 Å². The van der Waals surface area contributed by atoms with Gasteiger partial charge in [0.1, 0.15) is 5.82 Å². The predicted molar refractivity (Wildman–Crippen MR) is 64.3 cm³/mol. The summed E-state index contributed by atoms with van der Waals surface area (Å²) in [5.74, 6) is -0.468. The van der Waals surface area contributed by atoms with Crippen LogP contribution in [0.25, 0.3) is 0 Å². The lowest BCUT2D eigenvalue weighted by Gasteiger charge is -2.35. The van der Waals surface area contributed by atoms with E-state index in [-0.39, 0.29) is 11.7 Å². The van der Waals surface area contributed by atoms with Crippen LogP contribution >= 0.6 is 0 Å². The molecule has 0 bridgehead atoms. The Labute approximate surface area is 99.8 Å². The Balaban J connectivity index is 1.84. The second-order valence-electron chi connectivity index (χ2n) is 4.29. The summed E-state index contributed by atoms with van der Waals surface area (Å²) in [5.41, 5.74) is 0.495. The van der Waals surface area contributed by atoms with E-state index in [1.807, 2.05) is 11.9 Å². The van der Waals surface area contributed by atoms with E-state index in [1.165, 1.54) is 12.1 Å². The third kappa shape index (κ3) is 3.25. The normalized spacial score (nSPS) is 15.7. The molecule has 0 saturated carbocycles. The van der Waals surface area contributed by atoms with E-state index in [4.69, 9.17) is 0 Å². The molecule has 1 fully saturated rings. The second-order valence-corrected chi connectivity index (χ2v) is 4.29. The van der Waals surface area contributed by atoms with E-state index >= 15 is 0 Å². The molecule has 0 unspecified atom stereocenters. The van der Waals surface area contributed by atoms with Gasteiger partial charge >= 0.3 is 0 Å². The van der Waals surface area contributed by atoms with Gasteiger partial charge in [0, 0.05) is 24.8 Å². The molecule has 2 N–H and O–H groups in total. The smallest absolute Gasteiger partial charge is 0.238 e. The summed E-state index contributed by atoms with van der Waals surface area (Å²) in [6, 6.07) is 6.33. The molecule has 1 aliphatic rings. The summed E-state index contributed by atoms with van der Waals surface area (Å²) >= 11 is 0. The van der Waals surface area contributed by atoms with Crippen molar-refractivity contribution >= 4 is 11.6 Å². The number of hydrogen-bond donors (Lipinski definition) is 2. The fourth-order valence-corrected chi connectivity index (χ4v) is 1.71. The molecule has 1 aromatic carbocycles. The zero-order valence-electron chi connectivity index (χ0n) is 9.74. The van der Waals surface area contributed by atoms with Crippen molar-refractivity contribution in [2.45, 2.75) is 6.04 Å². The number of nitrogens with one attached hydrogen (secondary N) is 2. The average Bonchev–Trinajstić information content (AvgIpc) is 2.13. The summed E-state index contributed by atoms with van der Waals surface area (Å²) in [6.07, 6.45) is 0. The van der Waals surface area contributed by atoms with Crippen molar-refractivity contribution in [3.63, 3.8) is 0 Å². The van der Waals surface area contributed by atoms with Crippen LogP contribution in [-0.4, -0.2) is 43.5 Å². The van der Waals surface area contributed by atoms with Gasteiger partial charge in [0.25, 0.3) is 0 Å². The van der Waals surface area contributed by atoms with Crippen LogP contribution in [0.15, 0.2) is 24.3 Å². The lowest BCUT2D eigenvalue weighted by molar-refractivity contribution is -0.117. The number of nitrogens with zero attached hydrogens (tertiary/aromatic N) is 1. The van der Waals surface area contributed by atoms with Gasteiger partial charge in [0.2, 0.25) is 5.91 Å². The van der Waals surface area contributed by atoms with Gasteiger partial charge in [0.05, 0.1) is 6.54 Å². The molecule has 1 saturated heterocycles. The molecule has 0 spiro atoms. The average molecular weight is 237 g/mol. The van der Waals surface area contributed by atoms with E-state index in [1.54, 1.807) is 12.1 Å². The molecule has 1 amide bonds. The zero-order chi connectivity index (χ0) is 12.3. The van der Waals surface area contributed by atoms with Crippen LogP contribution in [0.2, 0.25) is 0 Å². The number of hydrogen-bond acceptors (Lipinski definition) is 3. The van der Waals surface area contributed by atoms with Gasteiger partial charge in [-0.25, -0.2) is 4.39 Å². The molecule has 5 heteroatoms. The Hall–Kier alpha value is -1.46. The van der Waals surface area contributed by atoms with Crippen LogP contribution in [0, 0.1) is 5.82 Å². The van der Waals surface area contributed by atoms with Gasteiger partial charge in [-0.1, -0.05) is 6.07 Å².